The highest BCUT2D eigenvalue weighted by molar-refractivity contribution is 6.46. The number of carbonyl (C=O) groups excluding carboxylic acids is 2. The zero-order valence-electron chi connectivity index (χ0n) is 17.8. The van der Waals surface area contributed by atoms with Crippen LogP contribution in [0.1, 0.15) is 29.2 Å². The molecule has 1 amide bonds. The van der Waals surface area contributed by atoms with Crippen LogP contribution >= 0.6 is 0 Å². The van der Waals surface area contributed by atoms with E-state index in [2.05, 4.69) is 4.98 Å². The van der Waals surface area contributed by atoms with Gasteiger partial charge < -0.3 is 19.6 Å². The van der Waals surface area contributed by atoms with Crippen molar-refractivity contribution in [3.05, 3.63) is 65.0 Å². The Kier molecular flexibility index (Phi) is 6.52. The number of ketones is 1. The van der Waals surface area contributed by atoms with Gasteiger partial charge in [0.25, 0.3) is 5.91 Å². The summed E-state index contributed by atoms with van der Waals surface area (Å²) in [5.41, 5.74) is 1.78. The zero-order valence-corrected chi connectivity index (χ0v) is 17.8. The number of aryl methyl sites for hydroxylation is 1. The normalized spacial score (nSPS) is 18.3. The van der Waals surface area contributed by atoms with Crippen LogP contribution in [0.5, 0.6) is 5.75 Å². The monoisotopic (exact) mass is 409 g/mol. The van der Waals surface area contributed by atoms with E-state index in [9.17, 15) is 14.7 Å². The van der Waals surface area contributed by atoms with Crippen LogP contribution in [0.4, 0.5) is 0 Å². The molecule has 1 saturated heterocycles. The first-order chi connectivity index (χ1) is 14.3. The molecular formula is C23H27N3O4. The van der Waals surface area contributed by atoms with Gasteiger partial charge in [-0.05, 0) is 41.8 Å². The molecule has 1 aromatic carbocycles. The van der Waals surface area contributed by atoms with Gasteiger partial charge in [-0.1, -0.05) is 17.9 Å². The largest absolute Gasteiger partial charge is 0.872 e. The van der Waals surface area contributed by atoms with Crippen LogP contribution in [0.25, 0.3) is 5.76 Å². The molecule has 1 unspecified atom stereocenters. The fraction of sp³-hybridized carbons (Fsp3) is 0.348. The molecule has 2 heterocycles. The summed E-state index contributed by atoms with van der Waals surface area (Å²) >= 11 is 0. The molecule has 158 valence electrons. The molecule has 1 aliphatic rings. The van der Waals surface area contributed by atoms with E-state index in [0.29, 0.717) is 23.4 Å². The van der Waals surface area contributed by atoms with Gasteiger partial charge in [0.1, 0.15) is 5.75 Å². The second-order valence-electron chi connectivity index (χ2n) is 7.75. The maximum absolute atomic E-state index is 13.4. The molecule has 0 saturated carbocycles. The SMILES string of the molecule is COc1ccc(/C([O-])=C2\C(=O)C(=O)N(CCC[NH+](C)C)C2c2cccnc2)cc1C. The van der Waals surface area contributed by atoms with Gasteiger partial charge in [0.15, 0.2) is 0 Å². The van der Waals surface area contributed by atoms with Gasteiger partial charge in [-0.15, -0.1) is 0 Å². The van der Waals surface area contributed by atoms with Gasteiger partial charge in [-0.25, -0.2) is 0 Å². The lowest BCUT2D eigenvalue weighted by Crippen LogP contribution is -3.05. The van der Waals surface area contributed by atoms with Crippen molar-refractivity contribution < 1.29 is 24.3 Å². The second-order valence-corrected chi connectivity index (χ2v) is 7.75. The topological polar surface area (TPSA) is 87.0 Å². The number of ether oxygens (including phenoxy) is 1. The highest BCUT2D eigenvalue weighted by Crippen LogP contribution is 2.38. The number of likely N-dealkylation sites (tertiary alicyclic amines) is 1. The molecule has 0 spiro atoms. The van der Waals surface area contributed by atoms with Crippen LogP contribution in [0, 0.1) is 6.92 Å². The number of hydrogen-bond acceptors (Lipinski definition) is 5. The first-order valence-corrected chi connectivity index (χ1v) is 9.95. The Morgan fingerprint density at radius 2 is 2.03 bits per heavy atom. The summed E-state index contributed by atoms with van der Waals surface area (Å²) in [6.45, 7) is 3.07. The lowest BCUT2D eigenvalue weighted by molar-refractivity contribution is -0.858. The van der Waals surface area contributed by atoms with E-state index in [0.717, 1.165) is 18.5 Å². The standard InChI is InChI=1S/C23H27N3O4/c1-15-13-16(8-9-18(15)30-4)21(27)19-20(17-7-5-10-24-14-17)26(23(29)22(19)28)12-6-11-25(2)3/h5,7-10,13-14,20,27H,6,11-12H2,1-4H3/b21-19+. The predicted molar refractivity (Wildman–Crippen MR) is 111 cm³/mol. The maximum Gasteiger partial charge on any atom is 0.295 e. The molecule has 1 atom stereocenters. The van der Waals surface area contributed by atoms with Crippen molar-refractivity contribution in [2.45, 2.75) is 19.4 Å². The van der Waals surface area contributed by atoms with Crippen LogP contribution in [0.15, 0.2) is 48.3 Å². The number of nitrogens with zero attached hydrogens (tertiary/aromatic N) is 2. The second kappa shape index (κ2) is 9.09. The third kappa shape index (κ3) is 4.21. The van der Waals surface area contributed by atoms with Crippen LogP contribution in [0.3, 0.4) is 0 Å². The average molecular weight is 409 g/mol. The summed E-state index contributed by atoms with van der Waals surface area (Å²) in [6.07, 6.45) is 3.95. The van der Waals surface area contributed by atoms with Crippen LogP contribution in [0.2, 0.25) is 0 Å². The van der Waals surface area contributed by atoms with E-state index in [4.69, 9.17) is 4.74 Å². The molecule has 0 aliphatic carbocycles. The summed E-state index contributed by atoms with van der Waals surface area (Å²) in [6, 6.07) is 7.80. The molecule has 0 bridgehead atoms. The number of quaternary nitrogens is 1. The lowest BCUT2D eigenvalue weighted by atomic mass is 9.95. The Balaban J connectivity index is 2.08. The van der Waals surface area contributed by atoms with Gasteiger partial charge in [0.2, 0.25) is 5.78 Å². The van der Waals surface area contributed by atoms with Crippen molar-refractivity contribution in [1.29, 1.82) is 0 Å². The first kappa shape index (κ1) is 21.5. The fourth-order valence-electron chi connectivity index (χ4n) is 3.76. The van der Waals surface area contributed by atoms with Crippen molar-refractivity contribution in [2.24, 2.45) is 0 Å². The molecule has 7 nitrogen and oxygen atoms in total. The Labute approximate surface area is 176 Å². The summed E-state index contributed by atoms with van der Waals surface area (Å²) in [4.78, 5) is 32.6. The minimum atomic E-state index is -0.737. The Morgan fingerprint density at radius 3 is 2.63 bits per heavy atom. The highest BCUT2D eigenvalue weighted by Gasteiger charge is 2.44. The fourth-order valence-corrected chi connectivity index (χ4v) is 3.76. The summed E-state index contributed by atoms with van der Waals surface area (Å²) < 4.78 is 5.26. The molecule has 3 rings (SSSR count). The molecule has 2 aromatic rings. The number of Topliss-reactive ketones (excluding diaryl/α,β-unsaturated/α-hetero) is 1. The van der Waals surface area contributed by atoms with Gasteiger partial charge in [0.05, 0.1) is 33.8 Å². The summed E-state index contributed by atoms with van der Waals surface area (Å²) in [5.74, 6) is -1.15. The third-order valence-electron chi connectivity index (χ3n) is 5.26. The van der Waals surface area contributed by atoms with E-state index >= 15 is 0 Å². The molecule has 7 heteroatoms. The number of rotatable bonds is 7. The minimum absolute atomic E-state index is 0.0187. The molecule has 30 heavy (non-hydrogen) atoms. The quantitative estimate of drug-likeness (QED) is 0.400. The van der Waals surface area contributed by atoms with Crippen LogP contribution < -0.4 is 14.7 Å². The van der Waals surface area contributed by atoms with Crippen molar-refractivity contribution in [3.63, 3.8) is 0 Å². The Bertz CT molecular complexity index is 970. The Morgan fingerprint density at radius 1 is 1.27 bits per heavy atom. The van der Waals surface area contributed by atoms with Crippen LogP contribution in [-0.2, 0) is 9.59 Å². The van der Waals surface area contributed by atoms with E-state index < -0.39 is 23.5 Å². The number of pyridine rings is 1. The van der Waals surface area contributed by atoms with E-state index in [1.54, 1.807) is 49.8 Å². The molecule has 1 aromatic heterocycles. The molecule has 1 fully saturated rings. The predicted octanol–water partition coefficient (Wildman–Crippen LogP) is 0.157. The van der Waals surface area contributed by atoms with E-state index in [1.807, 2.05) is 21.0 Å². The van der Waals surface area contributed by atoms with E-state index in [-0.39, 0.29) is 5.57 Å². The van der Waals surface area contributed by atoms with E-state index in [1.165, 1.54) is 9.80 Å². The third-order valence-corrected chi connectivity index (χ3v) is 5.26. The maximum atomic E-state index is 13.4. The van der Waals surface area contributed by atoms with Gasteiger partial charge in [-0.3, -0.25) is 14.6 Å². The molecule has 0 radical (unpaired) electrons. The number of carbonyl (C=O) groups is 2. The van der Waals surface area contributed by atoms with Crippen molar-refractivity contribution in [3.8, 4) is 5.75 Å². The van der Waals surface area contributed by atoms with Crippen LogP contribution in [-0.4, -0.2) is 55.9 Å². The summed E-state index contributed by atoms with van der Waals surface area (Å²) in [7, 11) is 5.62. The average Bonchev–Trinajstić information content (AvgIpc) is 2.98. The molecular weight excluding hydrogens is 382 g/mol. The number of hydrogen-bond donors (Lipinski definition) is 1. The number of amides is 1. The van der Waals surface area contributed by atoms with Gasteiger partial charge >= 0.3 is 0 Å². The number of aromatic nitrogens is 1. The molecule has 1 N–H and O–H groups in total. The Hall–Kier alpha value is -3.19. The van der Waals surface area contributed by atoms with Crippen molar-refractivity contribution >= 4 is 17.4 Å². The first-order valence-electron chi connectivity index (χ1n) is 9.95. The van der Waals surface area contributed by atoms with Gasteiger partial charge in [0, 0.05) is 30.9 Å². The lowest BCUT2D eigenvalue weighted by Gasteiger charge is -2.27. The number of nitrogens with one attached hydrogen (secondary N) is 1. The minimum Gasteiger partial charge on any atom is -0.872 e. The smallest absolute Gasteiger partial charge is 0.295 e. The molecule has 1 aliphatic heterocycles. The van der Waals surface area contributed by atoms with Gasteiger partial charge in [-0.2, -0.15) is 0 Å². The highest BCUT2D eigenvalue weighted by atomic mass is 16.5. The zero-order chi connectivity index (χ0) is 21.8. The number of benzene rings is 1. The summed E-state index contributed by atoms with van der Waals surface area (Å²) in [5, 5.41) is 13.4. The van der Waals surface area contributed by atoms with Crippen molar-refractivity contribution in [1.82, 2.24) is 9.88 Å². The van der Waals surface area contributed by atoms with Crippen molar-refractivity contribution in [2.75, 3.05) is 34.3 Å². The number of methoxy groups -OCH3 is 1.